The Morgan fingerprint density at radius 2 is 2.04 bits per heavy atom. The van der Waals surface area contributed by atoms with Gasteiger partial charge in [0.05, 0.1) is 25.5 Å². The second kappa shape index (κ2) is 6.49. The number of ether oxygens (including phenoxy) is 1. The number of aliphatic hydroxyl groups excluding tert-OH is 1. The highest BCUT2D eigenvalue weighted by Gasteiger charge is 2.42. The molecule has 0 spiro atoms. The molecule has 128 valence electrons. The summed E-state index contributed by atoms with van der Waals surface area (Å²) in [6.07, 6.45) is 8.33. The third kappa shape index (κ3) is 3.01. The molecule has 0 bridgehead atoms. The van der Waals surface area contributed by atoms with Crippen molar-refractivity contribution >= 4 is 0 Å². The molecule has 0 unspecified atom stereocenters. The molecule has 0 amide bonds. The number of methoxy groups -OCH3 is 1. The molecule has 7 heteroatoms. The quantitative estimate of drug-likeness (QED) is 0.906. The predicted molar refractivity (Wildman–Crippen MR) is 87.3 cm³/mol. The van der Waals surface area contributed by atoms with Crippen LogP contribution in [0.1, 0.15) is 24.4 Å². The first-order valence-electron chi connectivity index (χ1n) is 8.45. The van der Waals surface area contributed by atoms with Crippen LogP contribution in [0.15, 0.2) is 31.1 Å². The number of aliphatic hydroxyl groups is 1. The van der Waals surface area contributed by atoms with Gasteiger partial charge in [-0.2, -0.15) is 5.10 Å². The van der Waals surface area contributed by atoms with Gasteiger partial charge in [-0.25, -0.2) is 9.67 Å². The van der Waals surface area contributed by atoms with Crippen LogP contribution < -0.4 is 4.74 Å². The topological polar surface area (TPSA) is 76.3 Å². The summed E-state index contributed by atoms with van der Waals surface area (Å²) in [5, 5.41) is 14.7. The largest absolute Gasteiger partial charge is 0.495 e. The van der Waals surface area contributed by atoms with Crippen molar-refractivity contribution in [1.82, 2.24) is 24.6 Å². The maximum Gasteiger partial charge on any atom is 0.137 e. The van der Waals surface area contributed by atoms with E-state index in [2.05, 4.69) is 20.0 Å². The van der Waals surface area contributed by atoms with Gasteiger partial charge in [-0.1, -0.05) is 0 Å². The van der Waals surface area contributed by atoms with Crippen molar-refractivity contribution in [3.8, 4) is 5.75 Å². The zero-order valence-corrected chi connectivity index (χ0v) is 13.8. The van der Waals surface area contributed by atoms with Crippen molar-refractivity contribution < 1.29 is 9.84 Å². The molecule has 24 heavy (non-hydrogen) atoms. The molecule has 1 saturated carbocycles. The van der Waals surface area contributed by atoms with Gasteiger partial charge >= 0.3 is 0 Å². The molecule has 3 heterocycles. The Morgan fingerprint density at radius 3 is 2.79 bits per heavy atom. The van der Waals surface area contributed by atoms with Gasteiger partial charge in [0, 0.05) is 25.8 Å². The number of rotatable bonds is 4. The Hall–Kier alpha value is -1.99. The third-order valence-electron chi connectivity index (χ3n) is 5.37. The van der Waals surface area contributed by atoms with Gasteiger partial charge in [-0.15, -0.1) is 0 Å². The van der Waals surface area contributed by atoms with E-state index in [1.165, 1.54) is 11.9 Å². The smallest absolute Gasteiger partial charge is 0.137 e. The number of hydrogen-bond acceptors (Lipinski definition) is 6. The summed E-state index contributed by atoms with van der Waals surface area (Å²) in [6.45, 7) is 2.96. The zero-order valence-electron chi connectivity index (χ0n) is 13.8. The fourth-order valence-electron chi connectivity index (χ4n) is 4.23. The van der Waals surface area contributed by atoms with Crippen LogP contribution in [0.2, 0.25) is 0 Å². The molecular weight excluding hydrogens is 306 g/mol. The zero-order chi connectivity index (χ0) is 16.5. The van der Waals surface area contributed by atoms with E-state index in [9.17, 15) is 5.11 Å². The molecule has 1 N–H and O–H groups in total. The predicted octanol–water partition coefficient (Wildman–Crippen LogP) is 1.13. The van der Waals surface area contributed by atoms with Gasteiger partial charge in [0.2, 0.25) is 0 Å². The fourth-order valence-corrected chi connectivity index (χ4v) is 4.23. The van der Waals surface area contributed by atoms with Crippen molar-refractivity contribution in [1.29, 1.82) is 0 Å². The molecule has 1 aliphatic carbocycles. The van der Waals surface area contributed by atoms with E-state index in [1.807, 2.05) is 16.9 Å². The highest BCUT2D eigenvalue weighted by atomic mass is 16.5. The lowest BCUT2D eigenvalue weighted by molar-refractivity contribution is 0.0304. The average Bonchev–Trinajstić information content (AvgIpc) is 3.23. The summed E-state index contributed by atoms with van der Waals surface area (Å²) in [5.41, 5.74) is 1.17. The molecule has 0 radical (unpaired) electrons. The lowest BCUT2D eigenvalue weighted by Crippen LogP contribution is -2.36. The molecule has 0 aromatic carbocycles. The van der Waals surface area contributed by atoms with Crippen LogP contribution in [0.25, 0.3) is 0 Å². The maximum absolute atomic E-state index is 10.5. The number of hydrogen-bond donors (Lipinski definition) is 1. The minimum absolute atomic E-state index is 0.0483. The van der Waals surface area contributed by atoms with Crippen LogP contribution in [-0.4, -0.2) is 56.1 Å². The van der Waals surface area contributed by atoms with Crippen molar-refractivity contribution in [3.05, 3.63) is 36.7 Å². The average molecular weight is 329 g/mol. The fraction of sp³-hybridized carbons (Fsp3) is 0.588. The summed E-state index contributed by atoms with van der Waals surface area (Å²) in [6, 6.07) is 2.09. The van der Waals surface area contributed by atoms with Crippen LogP contribution in [-0.2, 0) is 6.54 Å². The van der Waals surface area contributed by atoms with Crippen molar-refractivity contribution in [2.45, 2.75) is 31.5 Å². The first kappa shape index (κ1) is 15.5. The second-order valence-electron chi connectivity index (χ2n) is 6.93. The van der Waals surface area contributed by atoms with E-state index in [0.29, 0.717) is 11.8 Å². The van der Waals surface area contributed by atoms with E-state index >= 15 is 0 Å². The second-order valence-corrected chi connectivity index (χ2v) is 6.93. The summed E-state index contributed by atoms with van der Waals surface area (Å²) >= 11 is 0. The Morgan fingerprint density at radius 1 is 1.21 bits per heavy atom. The third-order valence-corrected chi connectivity index (χ3v) is 5.37. The Balaban J connectivity index is 1.42. The first-order chi connectivity index (χ1) is 11.7. The normalized spacial score (nSPS) is 30.2. The van der Waals surface area contributed by atoms with Gasteiger partial charge in [0.1, 0.15) is 18.4 Å². The van der Waals surface area contributed by atoms with E-state index in [1.54, 1.807) is 19.6 Å². The molecular formula is C17H23N5O2. The molecule has 2 aromatic rings. The van der Waals surface area contributed by atoms with Crippen LogP contribution in [0.3, 0.4) is 0 Å². The van der Waals surface area contributed by atoms with Crippen LogP contribution in [0, 0.1) is 11.8 Å². The molecule has 1 saturated heterocycles. The summed E-state index contributed by atoms with van der Waals surface area (Å²) in [5.74, 6) is 1.95. The molecule has 2 aromatic heterocycles. The maximum atomic E-state index is 10.5. The van der Waals surface area contributed by atoms with E-state index in [0.717, 1.165) is 38.2 Å². The standard InChI is InChI=1S/C17H23N5O2/c1-24-15-2-12(5-18-6-15)7-21-8-13-3-16(22-11-19-10-20-22)17(23)4-14(13)9-21/h2,5-6,10-11,13-14,16-17,23H,3-4,7-9H2,1H3/t13-,14+,16-,17-/m1/s1. The van der Waals surface area contributed by atoms with Crippen molar-refractivity contribution in [2.24, 2.45) is 11.8 Å². The summed E-state index contributed by atoms with van der Waals surface area (Å²) in [4.78, 5) is 10.7. The van der Waals surface area contributed by atoms with Gasteiger partial charge < -0.3 is 9.84 Å². The van der Waals surface area contributed by atoms with E-state index in [-0.39, 0.29) is 12.1 Å². The Labute approximate surface area is 141 Å². The molecule has 4 atom stereocenters. The minimum atomic E-state index is -0.341. The van der Waals surface area contributed by atoms with Crippen molar-refractivity contribution in [2.75, 3.05) is 20.2 Å². The highest BCUT2D eigenvalue weighted by Crippen LogP contribution is 2.41. The van der Waals surface area contributed by atoms with E-state index in [4.69, 9.17) is 4.74 Å². The number of likely N-dealkylation sites (tertiary alicyclic amines) is 1. The molecule has 2 fully saturated rings. The summed E-state index contributed by atoms with van der Waals surface area (Å²) < 4.78 is 7.07. The number of aromatic nitrogens is 4. The number of pyridine rings is 1. The number of nitrogens with zero attached hydrogens (tertiary/aromatic N) is 5. The lowest BCUT2D eigenvalue weighted by atomic mass is 9.77. The highest BCUT2D eigenvalue weighted by molar-refractivity contribution is 5.23. The molecule has 2 aliphatic rings. The van der Waals surface area contributed by atoms with Crippen LogP contribution >= 0.6 is 0 Å². The van der Waals surface area contributed by atoms with Gasteiger partial charge in [-0.05, 0) is 36.3 Å². The van der Waals surface area contributed by atoms with Crippen LogP contribution in [0.5, 0.6) is 5.75 Å². The van der Waals surface area contributed by atoms with Crippen LogP contribution in [0.4, 0.5) is 0 Å². The van der Waals surface area contributed by atoms with E-state index < -0.39 is 0 Å². The first-order valence-corrected chi connectivity index (χ1v) is 8.45. The van der Waals surface area contributed by atoms with Gasteiger partial charge in [0.25, 0.3) is 0 Å². The lowest BCUT2D eigenvalue weighted by Gasteiger charge is -2.35. The summed E-state index contributed by atoms with van der Waals surface area (Å²) in [7, 11) is 1.66. The van der Waals surface area contributed by atoms with Gasteiger partial charge in [-0.3, -0.25) is 9.88 Å². The molecule has 1 aliphatic heterocycles. The molecule has 4 rings (SSSR count). The Bertz CT molecular complexity index is 677. The molecule has 7 nitrogen and oxygen atoms in total. The Kier molecular flexibility index (Phi) is 4.20. The minimum Gasteiger partial charge on any atom is -0.495 e. The van der Waals surface area contributed by atoms with Gasteiger partial charge in [0.15, 0.2) is 0 Å². The monoisotopic (exact) mass is 329 g/mol. The SMILES string of the molecule is COc1cncc(CN2C[C@H]3C[C@@H](n4cncn4)[C@H](O)C[C@H]3C2)c1. The van der Waals surface area contributed by atoms with Crippen molar-refractivity contribution in [3.63, 3.8) is 0 Å². The number of fused-ring (bicyclic) bond motifs is 1.